The fourth-order valence-corrected chi connectivity index (χ4v) is 10.4. The molecule has 0 saturated carbocycles. The molecular weight excluding hydrogens is 1140 g/mol. The average molecular weight is 1240 g/mol. The Bertz CT molecular complexity index is 2780. The van der Waals surface area contributed by atoms with Crippen molar-refractivity contribution >= 4 is 59.1 Å². The van der Waals surface area contributed by atoms with Gasteiger partial charge in [-0.3, -0.25) is 53.3 Å². The van der Waals surface area contributed by atoms with Gasteiger partial charge >= 0.3 is 0 Å². The molecule has 1 heterocycles. The number of nitrogens with one attached hydrogen (secondary N) is 8. The lowest BCUT2D eigenvalue weighted by atomic mass is 9.95. The van der Waals surface area contributed by atoms with Crippen LogP contribution in [0.15, 0.2) is 91.0 Å². The second kappa shape index (κ2) is 36.7. The molecule has 3 aromatic rings. The van der Waals surface area contributed by atoms with Gasteiger partial charge in [0.05, 0.1) is 31.3 Å². The molecule has 1 aliphatic heterocycles. The third-order valence-electron chi connectivity index (χ3n) is 16.0. The van der Waals surface area contributed by atoms with Crippen molar-refractivity contribution in [3.05, 3.63) is 108 Å². The highest BCUT2D eigenvalue weighted by atomic mass is 16.3. The van der Waals surface area contributed by atoms with E-state index in [9.17, 15) is 58.2 Å². The molecule has 1 fully saturated rings. The van der Waals surface area contributed by atoms with Crippen molar-refractivity contribution in [3.63, 3.8) is 0 Å². The summed E-state index contributed by atoms with van der Waals surface area (Å²) in [4.78, 5) is 142. The zero-order valence-electron chi connectivity index (χ0n) is 53.9. The first kappa shape index (κ1) is 73.7. The summed E-state index contributed by atoms with van der Waals surface area (Å²) >= 11 is 0. The Balaban J connectivity index is 1.54. The molecule has 23 heteroatoms. The van der Waals surface area contributed by atoms with E-state index < -0.39 is 114 Å². The van der Waals surface area contributed by atoms with Crippen molar-refractivity contribution in [2.45, 2.75) is 181 Å². The number of carbonyl (C=O) groups excluding carboxylic acids is 10. The second-order valence-corrected chi connectivity index (χ2v) is 24.6. The van der Waals surface area contributed by atoms with Crippen LogP contribution in [-0.4, -0.2) is 185 Å². The number of carbonyl (C=O) groups is 10. The first-order valence-corrected chi connectivity index (χ1v) is 31.2. The summed E-state index contributed by atoms with van der Waals surface area (Å²) in [5, 5.41) is 45.3. The minimum Gasteiger partial charge on any atom is -0.391 e. The Kier molecular flexibility index (Phi) is 30.4. The Morgan fingerprint density at radius 3 is 1.60 bits per heavy atom. The monoisotopic (exact) mass is 1240 g/mol. The van der Waals surface area contributed by atoms with Gasteiger partial charge in [0.15, 0.2) is 0 Å². The van der Waals surface area contributed by atoms with E-state index in [1.807, 2.05) is 95.3 Å². The fraction of sp³-hybridized carbons (Fsp3) is 0.576. The Morgan fingerprint density at radius 2 is 1.08 bits per heavy atom. The normalized spacial score (nSPS) is 16.1. The number of amides is 10. The largest absolute Gasteiger partial charge is 0.391 e. The SMILES string of the molecule is CC[C@H](C)[C@H](NC(=O)[C@H](Cc1ccccc1)NC(=O)[C@@H](NC(=O)CCN(C)C(C)=O)[C@@H](C)O)C(=O)N[C@@H](CC(C)C)C(=O)N(C)[C@@H](CC(C)C)C(=O)NCC(=O)N[C@@H](Cc1ccccc1)C(C)(O)N[C@@H](Cc1ccccc1)C(=O)NCC(=O)N1CCCCC1. The van der Waals surface area contributed by atoms with Crippen molar-refractivity contribution in [3.8, 4) is 0 Å². The van der Waals surface area contributed by atoms with E-state index in [4.69, 9.17) is 0 Å². The lowest BCUT2D eigenvalue weighted by Crippen LogP contribution is -2.65. The minimum absolute atomic E-state index is 0.0522. The van der Waals surface area contributed by atoms with Crippen molar-refractivity contribution in [2.75, 3.05) is 46.8 Å². The minimum atomic E-state index is -1.97. The summed E-state index contributed by atoms with van der Waals surface area (Å²) in [5.41, 5.74) is 0.194. The maximum atomic E-state index is 14.8. The fourth-order valence-electron chi connectivity index (χ4n) is 10.4. The van der Waals surface area contributed by atoms with Crippen LogP contribution in [0, 0.1) is 17.8 Å². The summed E-state index contributed by atoms with van der Waals surface area (Å²) in [7, 11) is 2.96. The first-order valence-electron chi connectivity index (χ1n) is 31.2. The highest BCUT2D eigenvalue weighted by Gasteiger charge is 2.40. The van der Waals surface area contributed by atoms with E-state index in [-0.39, 0.29) is 75.3 Å². The Morgan fingerprint density at radius 1 is 0.573 bits per heavy atom. The lowest BCUT2D eigenvalue weighted by Gasteiger charge is -2.37. The van der Waals surface area contributed by atoms with Gasteiger partial charge in [0.1, 0.15) is 35.9 Å². The van der Waals surface area contributed by atoms with Gasteiger partial charge < -0.3 is 62.1 Å². The third-order valence-corrected chi connectivity index (χ3v) is 16.0. The molecule has 3 aromatic carbocycles. The van der Waals surface area contributed by atoms with Gasteiger partial charge in [0, 0.05) is 53.5 Å². The number of piperidine rings is 1. The van der Waals surface area contributed by atoms with E-state index in [0.717, 1.165) is 30.4 Å². The van der Waals surface area contributed by atoms with Crippen LogP contribution in [0.2, 0.25) is 0 Å². The predicted octanol–water partition coefficient (Wildman–Crippen LogP) is 2.26. The molecule has 0 bridgehead atoms. The standard InChI is InChI=1S/C66H99N11O12/c1-12-44(6)58(73-61(84)50(37-47-25-17-13-18-26-47)69-64(87)59(45(7)78)72-55(80)31-34-75(10)46(8)79)63(86)70-52(35-42(2)3)65(88)76(11)53(36-43(4)5)62(85)67-40-56(81)71-54(39-49-29-21-15-22-30-49)66(9,89)74-51(38-48-27-19-14-20-28-48)60(83)68-41-57(82)77-32-23-16-24-33-77/h13-15,17-22,25-30,42-45,50-54,58-59,74,78,89H,12,16,23-24,31-41H2,1-11H3,(H,67,85)(H,68,83)(H,69,87)(H,70,86)(H,71,81)(H,72,80)(H,73,84)/t44-,45+,50-,51-,52-,53-,54-,58-,59-,66?/m0/s1. The number of aliphatic hydroxyl groups excluding tert-OH is 1. The number of aliphatic hydroxyl groups is 2. The number of likely N-dealkylation sites (tertiary alicyclic amines) is 1. The molecule has 4 rings (SSSR count). The van der Waals surface area contributed by atoms with Gasteiger partial charge in [-0.2, -0.15) is 0 Å². The number of benzene rings is 3. The van der Waals surface area contributed by atoms with E-state index in [0.29, 0.717) is 25.1 Å². The van der Waals surface area contributed by atoms with Gasteiger partial charge in [0.25, 0.3) is 0 Å². The van der Waals surface area contributed by atoms with Crippen molar-refractivity contribution in [2.24, 2.45) is 17.8 Å². The van der Waals surface area contributed by atoms with Gasteiger partial charge in [0.2, 0.25) is 59.1 Å². The molecule has 490 valence electrons. The van der Waals surface area contributed by atoms with Crippen LogP contribution in [0.25, 0.3) is 0 Å². The van der Waals surface area contributed by atoms with Crippen molar-refractivity contribution in [1.82, 2.24) is 57.2 Å². The quantitative estimate of drug-likeness (QED) is 0.0379. The Labute approximate surface area is 525 Å². The topological polar surface area (TPSA) is 317 Å². The van der Waals surface area contributed by atoms with Gasteiger partial charge in [-0.25, -0.2) is 0 Å². The molecule has 1 aliphatic rings. The molecular formula is C66H99N11O12. The van der Waals surface area contributed by atoms with Crippen LogP contribution in [0.1, 0.15) is 124 Å². The summed E-state index contributed by atoms with van der Waals surface area (Å²) in [6, 6.07) is 18.5. The van der Waals surface area contributed by atoms with Gasteiger partial charge in [-0.15, -0.1) is 0 Å². The summed E-state index contributed by atoms with van der Waals surface area (Å²) in [6.07, 6.45) is 2.07. The summed E-state index contributed by atoms with van der Waals surface area (Å²) in [5.74, 6) is -6.77. The molecule has 0 aliphatic carbocycles. The van der Waals surface area contributed by atoms with Crippen LogP contribution in [0.3, 0.4) is 0 Å². The molecule has 0 spiro atoms. The van der Waals surface area contributed by atoms with E-state index in [2.05, 4.69) is 42.5 Å². The first-order chi connectivity index (χ1) is 42.1. The number of nitrogens with zero attached hydrogens (tertiary/aromatic N) is 3. The van der Waals surface area contributed by atoms with Crippen LogP contribution in [-0.2, 0) is 67.2 Å². The predicted molar refractivity (Wildman–Crippen MR) is 339 cm³/mol. The zero-order chi connectivity index (χ0) is 66.0. The highest BCUT2D eigenvalue weighted by molar-refractivity contribution is 5.97. The molecule has 10 N–H and O–H groups in total. The molecule has 89 heavy (non-hydrogen) atoms. The molecule has 0 aromatic heterocycles. The van der Waals surface area contributed by atoms with E-state index >= 15 is 0 Å². The highest BCUT2D eigenvalue weighted by Crippen LogP contribution is 2.20. The molecule has 10 atom stereocenters. The summed E-state index contributed by atoms with van der Waals surface area (Å²) in [6.45, 7) is 15.6. The van der Waals surface area contributed by atoms with Crippen molar-refractivity contribution < 1.29 is 58.2 Å². The lowest BCUT2D eigenvalue weighted by molar-refractivity contribution is -0.143. The summed E-state index contributed by atoms with van der Waals surface area (Å²) < 4.78 is 0. The molecule has 0 radical (unpaired) electrons. The third kappa shape index (κ3) is 25.0. The zero-order valence-corrected chi connectivity index (χ0v) is 53.9. The van der Waals surface area contributed by atoms with Crippen molar-refractivity contribution in [1.29, 1.82) is 0 Å². The number of hydrogen-bond acceptors (Lipinski definition) is 13. The average Bonchev–Trinajstić information content (AvgIpc) is 3.59. The number of rotatable bonds is 35. The number of hydrogen-bond donors (Lipinski definition) is 10. The smallest absolute Gasteiger partial charge is 0.245 e. The van der Waals surface area contributed by atoms with Crippen LogP contribution >= 0.6 is 0 Å². The van der Waals surface area contributed by atoms with E-state index in [1.165, 1.54) is 44.7 Å². The molecule has 1 saturated heterocycles. The molecule has 10 amide bonds. The van der Waals surface area contributed by atoms with Gasteiger partial charge in [-0.1, -0.05) is 139 Å². The second-order valence-electron chi connectivity index (χ2n) is 24.6. The molecule has 23 nitrogen and oxygen atoms in total. The maximum Gasteiger partial charge on any atom is 0.245 e. The Hall–Kier alpha value is -7.76. The molecule has 1 unspecified atom stereocenters. The van der Waals surface area contributed by atoms with Crippen LogP contribution < -0.4 is 42.5 Å². The van der Waals surface area contributed by atoms with E-state index in [1.54, 1.807) is 42.2 Å². The van der Waals surface area contributed by atoms with Crippen LogP contribution in [0.4, 0.5) is 0 Å². The maximum absolute atomic E-state index is 14.8. The van der Waals surface area contributed by atoms with Crippen LogP contribution in [0.5, 0.6) is 0 Å². The van der Waals surface area contributed by atoms with Gasteiger partial charge in [-0.05, 0) is 93.2 Å². The number of likely N-dealkylation sites (N-methyl/N-ethyl adjacent to an activating group) is 1.